The summed E-state index contributed by atoms with van der Waals surface area (Å²) < 4.78 is 17.4. The van der Waals surface area contributed by atoms with Crippen LogP contribution in [0.15, 0.2) is 85.1 Å². The first-order chi connectivity index (χ1) is 32.6. The Labute approximate surface area is 409 Å². The monoisotopic (exact) mass is 919 g/mol. The van der Waals surface area contributed by atoms with E-state index in [9.17, 15) is 9.59 Å². The lowest BCUT2D eigenvalue weighted by atomic mass is 10.1. The zero-order valence-electron chi connectivity index (χ0n) is 43.7. The Bertz CT molecular complexity index is 1220. The minimum Gasteiger partial charge on any atom is -0.462 e. The molecular weight excluding hydrogens is 813 g/mol. The average Bonchev–Trinajstić information content (AvgIpc) is 3.32. The van der Waals surface area contributed by atoms with Gasteiger partial charge in [0.25, 0.3) is 0 Å². The molecule has 1 unspecified atom stereocenters. The van der Waals surface area contributed by atoms with E-state index in [-0.39, 0.29) is 25.2 Å². The van der Waals surface area contributed by atoms with Crippen LogP contribution in [0.3, 0.4) is 0 Å². The second kappa shape index (κ2) is 56.4. The molecule has 0 aromatic rings. The Morgan fingerprint density at radius 1 is 0.348 bits per heavy atom. The van der Waals surface area contributed by atoms with Crippen molar-refractivity contribution < 1.29 is 23.8 Å². The quantitative estimate of drug-likeness (QED) is 0.0346. The van der Waals surface area contributed by atoms with E-state index in [4.69, 9.17) is 14.2 Å². The van der Waals surface area contributed by atoms with Crippen LogP contribution >= 0.6 is 0 Å². The van der Waals surface area contributed by atoms with Crippen molar-refractivity contribution in [2.45, 2.75) is 271 Å². The number of unbranched alkanes of at least 4 members (excludes halogenated alkanes) is 26. The van der Waals surface area contributed by atoms with Gasteiger partial charge in [0.05, 0.1) is 6.61 Å². The van der Waals surface area contributed by atoms with E-state index < -0.39 is 6.10 Å². The molecule has 0 spiro atoms. The smallest absolute Gasteiger partial charge is 0.306 e. The second-order valence-corrected chi connectivity index (χ2v) is 18.4. The molecule has 5 heteroatoms. The van der Waals surface area contributed by atoms with Gasteiger partial charge in [0, 0.05) is 19.4 Å². The number of esters is 2. The van der Waals surface area contributed by atoms with Gasteiger partial charge in [0.2, 0.25) is 0 Å². The Morgan fingerprint density at radius 3 is 1.11 bits per heavy atom. The molecular formula is C61H106O5. The van der Waals surface area contributed by atoms with Crippen molar-refractivity contribution in [3.05, 3.63) is 85.1 Å². The summed E-state index contributed by atoms with van der Waals surface area (Å²) in [4.78, 5) is 25.5. The van der Waals surface area contributed by atoms with Gasteiger partial charge in [-0.3, -0.25) is 9.59 Å². The molecule has 0 radical (unpaired) electrons. The zero-order valence-corrected chi connectivity index (χ0v) is 43.7. The van der Waals surface area contributed by atoms with Crippen LogP contribution < -0.4 is 0 Å². The van der Waals surface area contributed by atoms with E-state index in [1.165, 1.54) is 135 Å². The number of hydrogen-bond acceptors (Lipinski definition) is 5. The van der Waals surface area contributed by atoms with Crippen LogP contribution in [-0.2, 0) is 23.8 Å². The third-order valence-corrected chi connectivity index (χ3v) is 11.9. The van der Waals surface area contributed by atoms with Crippen molar-refractivity contribution in [2.24, 2.45) is 0 Å². The average molecular weight is 920 g/mol. The van der Waals surface area contributed by atoms with Crippen molar-refractivity contribution in [2.75, 3.05) is 19.8 Å². The van der Waals surface area contributed by atoms with E-state index in [1.54, 1.807) is 0 Å². The SMILES string of the molecule is CC/C=C\C/C=C\C/C=C\CCCCCCCCCC(=O)OC(COCCCCCC/C=C\C/C=C\C/C=C\CC)COC(=O)CCCCCCCCCCC/C=C\CCCCCCCC. The summed E-state index contributed by atoms with van der Waals surface area (Å²) in [7, 11) is 0. The van der Waals surface area contributed by atoms with E-state index >= 15 is 0 Å². The van der Waals surface area contributed by atoms with Crippen molar-refractivity contribution in [1.82, 2.24) is 0 Å². The highest BCUT2D eigenvalue weighted by Crippen LogP contribution is 2.15. The summed E-state index contributed by atoms with van der Waals surface area (Å²) in [5.41, 5.74) is 0. The highest BCUT2D eigenvalue weighted by Gasteiger charge is 2.17. The fourth-order valence-electron chi connectivity index (χ4n) is 7.77. The number of rotatable bonds is 51. The molecule has 66 heavy (non-hydrogen) atoms. The predicted molar refractivity (Wildman–Crippen MR) is 288 cm³/mol. The predicted octanol–water partition coefficient (Wildman–Crippen LogP) is 19.2. The fourth-order valence-corrected chi connectivity index (χ4v) is 7.77. The third kappa shape index (κ3) is 53.7. The summed E-state index contributed by atoms with van der Waals surface area (Å²) >= 11 is 0. The third-order valence-electron chi connectivity index (χ3n) is 11.9. The maximum absolute atomic E-state index is 12.8. The largest absolute Gasteiger partial charge is 0.462 e. The highest BCUT2D eigenvalue weighted by atomic mass is 16.6. The topological polar surface area (TPSA) is 61.8 Å². The van der Waals surface area contributed by atoms with E-state index in [0.29, 0.717) is 19.4 Å². The van der Waals surface area contributed by atoms with Gasteiger partial charge in [0.1, 0.15) is 6.61 Å². The van der Waals surface area contributed by atoms with E-state index in [1.807, 2.05) is 0 Å². The first-order valence-corrected chi connectivity index (χ1v) is 28.1. The lowest BCUT2D eigenvalue weighted by molar-refractivity contribution is -0.163. The summed E-state index contributed by atoms with van der Waals surface area (Å²) in [5.74, 6) is -0.420. The van der Waals surface area contributed by atoms with Crippen molar-refractivity contribution in [3.8, 4) is 0 Å². The van der Waals surface area contributed by atoms with Crippen molar-refractivity contribution in [3.63, 3.8) is 0 Å². The molecule has 0 amide bonds. The van der Waals surface area contributed by atoms with Gasteiger partial charge in [-0.1, -0.05) is 228 Å². The lowest BCUT2D eigenvalue weighted by Gasteiger charge is -2.18. The van der Waals surface area contributed by atoms with Gasteiger partial charge < -0.3 is 14.2 Å². The van der Waals surface area contributed by atoms with Gasteiger partial charge in [-0.2, -0.15) is 0 Å². The maximum Gasteiger partial charge on any atom is 0.306 e. The molecule has 0 aromatic heterocycles. The van der Waals surface area contributed by atoms with Crippen LogP contribution in [-0.4, -0.2) is 37.9 Å². The molecule has 0 heterocycles. The van der Waals surface area contributed by atoms with Gasteiger partial charge in [-0.15, -0.1) is 0 Å². The Hall–Kier alpha value is -2.92. The molecule has 1 atom stereocenters. The standard InChI is InChI=1S/C61H106O5/c1-4-7-10-13-16-19-22-25-28-30-31-33-34-36-39-42-45-48-51-54-60(62)65-58-59(57-64-56-53-50-47-44-41-38-27-24-21-18-15-12-9-6-3)66-61(63)55-52-49-46-43-40-37-35-32-29-26-23-20-17-14-11-8-5-2/h8-9,11-12,17-18,20-21,25-29,38,59H,4-7,10,13-16,19,22-24,30-37,39-58H2,1-3H3/b11-8-,12-9-,20-17-,21-18-,28-25-,29-26-,38-27-. The number of hydrogen-bond donors (Lipinski definition) is 0. The van der Waals surface area contributed by atoms with Crippen LogP contribution in [0.4, 0.5) is 0 Å². The summed E-state index contributed by atoms with van der Waals surface area (Å²) in [6.07, 6.45) is 74.6. The molecule has 5 nitrogen and oxygen atoms in total. The second-order valence-electron chi connectivity index (χ2n) is 18.4. The van der Waals surface area contributed by atoms with Gasteiger partial charge in [-0.05, 0) is 109 Å². The molecule has 0 rings (SSSR count). The Morgan fingerprint density at radius 2 is 0.682 bits per heavy atom. The summed E-state index contributed by atoms with van der Waals surface area (Å²) in [6, 6.07) is 0. The molecule has 0 fully saturated rings. The number of carbonyl (C=O) groups is 2. The molecule has 0 saturated carbocycles. The molecule has 0 aliphatic heterocycles. The lowest BCUT2D eigenvalue weighted by Crippen LogP contribution is -2.30. The minimum atomic E-state index is -0.558. The minimum absolute atomic E-state index is 0.0684. The fraction of sp³-hybridized carbons (Fsp3) is 0.738. The molecule has 380 valence electrons. The van der Waals surface area contributed by atoms with Crippen molar-refractivity contribution >= 4 is 11.9 Å². The van der Waals surface area contributed by atoms with Crippen LogP contribution in [0.2, 0.25) is 0 Å². The Kier molecular flexibility index (Phi) is 53.9. The normalized spacial score (nSPS) is 12.8. The first-order valence-electron chi connectivity index (χ1n) is 28.1. The van der Waals surface area contributed by atoms with Crippen molar-refractivity contribution in [1.29, 1.82) is 0 Å². The summed E-state index contributed by atoms with van der Waals surface area (Å²) in [6.45, 7) is 7.56. The van der Waals surface area contributed by atoms with Crippen LogP contribution in [0.25, 0.3) is 0 Å². The molecule has 0 saturated heterocycles. The highest BCUT2D eigenvalue weighted by molar-refractivity contribution is 5.70. The van der Waals surface area contributed by atoms with Crippen LogP contribution in [0.1, 0.15) is 265 Å². The van der Waals surface area contributed by atoms with Crippen LogP contribution in [0, 0.1) is 0 Å². The van der Waals surface area contributed by atoms with E-state index in [2.05, 4.69) is 106 Å². The molecule has 0 aliphatic carbocycles. The molecule has 0 aromatic carbocycles. The number of ether oxygens (including phenoxy) is 3. The first kappa shape index (κ1) is 63.1. The van der Waals surface area contributed by atoms with E-state index in [0.717, 1.165) is 96.3 Å². The number of carbonyl (C=O) groups excluding carboxylic acids is 2. The number of allylic oxidation sites excluding steroid dienone is 14. The maximum atomic E-state index is 12.8. The Balaban J connectivity index is 4.30. The molecule has 0 bridgehead atoms. The van der Waals surface area contributed by atoms with Gasteiger partial charge in [-0.25, -0.2) is 0 Å². The van der Waals surface area contributed by atoms with Gasteiger partial charge >= 0.3 is 11.9 Å². The zero-order chi connectivity index (χ0) is 47.7. The molecule has 0 N–H and O–H groups in total. The van der Waals surface area contributed by atoms with Gasteiger partial charge in [0.15, 0.2) is 6.10 Å². The van der Waals surface area contributed by atoms with Crippen LogP contribution in [0.5, 0.6) is 0 Å². The molecule has 0 aliphatic rings. The summed E-state index contributed by atoms with van der Waals surface area (Å²) in [5, 5.41) is 0.